The summed E-state index contributed by atoms with van der Waals surface area (Å²) < 4.78 is 11.9. The zero-order valence-corrected chi connectivity index (χ0v) is 25.2. The summed E-state index contributed by atoms with van der Waals surface area (Å²) in [6.07, 6.45) is 5.00. The third-order valence-corrected chi connectivity index (χ3v) is 9.33. The summed E-state index contributed by atoms with van der Waals surface area (Å²) in [4.78, 5) is 18.5. The van der Waals surface area contributed by atoms with Gasteiger partial charge in [-0.15, -0.1) is 6.58 Å². The van der Waals surface area contributed by atoms with Crippen LogP contribution in [0.2, 0.25) is 10.0 Å². The molecule has 1 aliphatic heterocycles. The predicted molar refractivity (Wildman–Crippen MR) is 160 cm³/mol. The van der Waals surface area contributed by atoms with Crippen LogP contribution in [-0.2, 0) is 21.4 Å². The first-order valence-electron chi connectivity index (χ1n) is 13.9. The van der Waals surface area contributed by atoms with Crippen molar-refractivity contribution in [2.45, 2.75) is 57.1 Å². The molecule has 0 bridgehead atoms. The van der Waals surface area contributed by atoms with Gasteiger partial charge in [0.1, 0.15) is 5.75 Å². The first-order chi connectivity index (χ1) is 18.7. The molecular formula is C32H42Cl2N2O3. The minimum Gasteiger partial charge on any atom is -0.497 e. The highest BCUT2D eigenvalue weighted by molar-refractivity contribution is 6.42. The standard InChI is InChI=1S/C32H42Cl2N2O3/c1-6-13-35-14-12-32(24-8-7-9-26(17-24)38-4)19-25(18-30(39-5)27(32)21-35)36(20-22(2)3)31(37)16-23-10-11-28(33)29(34)15-23/h6-11,15,17,22,25,27,30H,1,12-14,16,18-21H2,2-5H3/t25-,27-,30?,32-/m0/s1. The third kappa shape index (κ3) is 6.65. The fourth-order valence-electron chi connectivity index (χ4n) is 6.78. The largest absolute Gasteiger partial charge is 0.497 e. The molecular weight excluding hydrogens is 531 g/mol. The maximum Gasteiger partial charge on any atom is 0.227 e. The van der Waals surface area contributed by atoms with Gasteiger partial charge in [-0.05, 0) is 67.1 Å². The molecule has 5 nitrogen and oxygen atoms in total. The Balaban J connectivity index is 1.71. The molecule has 7 heteroatoms. The number of carbonyl (C=O) groups excluding carboxylic acids is 1. The average Bonchev–Trinajstić information content (AvgIpc) is 2.93. The summed E-state index contributed by atoms with van der Waals surface area (Å²) in [6.45, 7) is 11.8. The Morgan fingerprint density at radius 2 is 2.00 bits per heavy atom. The first-order valence-corrected chi connectivity index (χ1v) is 14.7. The van der Waals surface area contributed by atoms with Gasteiger partial charge in [0.25, 0.3) is 0 Å². The van der Waals surface area contributed by atoms with Gasteiger partial charge in [0, 0.05) is 44.1 Å². The Bertz CT molecular complexity index is 1160. The van der Waals surface area contributed by atoms with Crippen LogP contribution in [0.15, 0.2) is 55.1 Å². The number of benzene rings is 2. The van der Waals surface area contributed by atoms with Crippen LogP contribution < -0.4 is 4.74 Å². The van der Waals surface area contributed by atoms with Crippen molar-refractivity contribution in [3.8, 4) is 5.75 Å². The number of rotatable bonds is 10. The monoisotopic (exact) mass is 572 g/mol. The molecule has 2 aromatic carbocycles. The second kappa shape index (κ2) is 13.1. The predicted octanol–water partition coefficient (Wildman–Crippen LogP) is 6.65. The number of hydrogen-bond donors (Lipinski definition) is 0. The Kier molecular flexibility index (Phi) is 10.0. The number of likely N-dealkylation sites (tertiary alicyclic amines) is 1. The highest BCUT2D eigenvalue weighted by Gasteiger charge is 2.53. The maximum absolute atomic E-state index is 13.9. The highest BCUT2D eigenvalue weighted by Crippen LogP contribution is 2.51. The van der Waals surface area contributed by atoms with E-state index in [2.05, 4.69) is 48.4 Å². The van der Waals surface area contributed by atoms with Gasteiger partial charge >= 0.3 is 0 Å². The highest BCUT2D eigenvalue weighted by atomic mass is 35.5. The van der Waals surface area contributed by atoms with Gasteiger partial charge in [0.05, 0.1) is 29.7 Å². The molecule has 1 saturated carbocycles. The molecule has 0 aromatic heterocycles. The van der Waals surface area contributed by atoms with E-state index >= 15 is 0 Å². The molecule has 2 aliphatic rings. The number of piperidine rings is 1. The van der Waals surface area contributed by atoms with Crippen molar-refractivity contribution < 1.29 is 14.3 Å². The molecule has 1 amide bonds. The molecule has 1 saturated heterocycles. The van der Waals surface area contributed by atoms with Crippen molar-refractivity contribution in [1.29, 1.82) is 0 Å². The zero-order valence-electron chi connectivity index (χ0n) is 23.7. The molecule has 1 unspecified atom stereocenters. The molecule has 1 heterocycles. The molecule has 0 spiro atoms. The van der Waals surface area contributed by atoms with Gasteiger partial charge < -0.3 is 14.4 Å². The normalized spacial score (nSPS) is 25.3. The Morgan fingerprint density at radius 1 is 1.21 bits per heavy atom. The molecule has 2 aromatic rings. The van der Waals surface area contributed by atoms with E-state index in [0.717, 1.165) is 50.2 Å². The van der Waals surface area contributed by atoms with Crippen LogP contribution in [0.25, 0.3) is 0 Å². The van der Waals surface area contributed by atoms with E-state index in [-0.39, 0.29) is 23.5 Å². The first kappa shape index (κ1) is 29.9. The summed E-state index contributed by atoms with van der Waals surface area (Å²) in [5, 5.41) is 0.969. The number of halogens is 2. The van der Waals surface area contributed by atoms with Crippen LogP contribution in [-0.4, -0.2) is 68.3 Å². The number of methoxy groups -OCH3 is 2. The quantitative estimate of drug-likeness (QED) is 0.299. The van der Waals surface area contributed by atoms with E-state index in [0.29, 0.717) is 34.8 Å². The summed E-state index contributed by atoms with van der Waals surface area (Å²) in [5.41, 5.74) is 2.02. The SMILES string of the molecule is C=CCN1CC[C@@]2(c3cccc(OC)c3)C[C@@H](N(CC(C)C)C(=O)Cc3ccc(Cl)c(Cl)c3)CC(OC)[C@@H]2C1. The van der Waals surface area contributed by atoms with Crippen molar-refractivity contribution in [2.75, 3.05) is 40.4 Å². The van der Waals surface area contributed by atoms with Gasteiger partial charge in [-0.3, -0.25) is 9.69 Å². The number of amides is 1. The number of nitrogens with zero attached hydrogens (tertiary/aromatic N) is 2. The Morgan fingerprint density at radius 3 is 2.67 bits per heavy atom. The van der Waals surface area contributed by atoms with Gasteiger partial charge in [0.2, 0.25) is 5.91 Å². The number of ether oxygens (including phenoxy) is 2. The smallest absolute Gasteiger partial charge is 0.227 e. The van der Waals surface area contributed by atoms with Crippen LogP contribution in [0, 0.1) is 11.8 Å². The number of fused-ring (bicyclic) bond motifs is 1. The Labute approximate surface area is 244 Å². The molecule has 4 atom stereocenters. The summed E-state index contributed by atoms with van der Waals surface area (Å²) in [6, 6.07) is 14.0. The molecule has 2 fully saturated rings. The van der Waals surface area contributed by atoms with E-state index in [4.69, 9.17) is 32.7 Å². The topological polar surface area (TPSA) is 42.0 Å². The third-order valence-electron chi connectivity index (χ3n) is 8.59. The summed E-state index contributed by atoms with van der Waals surface area (Å²) >= 11 is 12.4. The van der Waals surface area contributed by atoms with Gasteiger partial charge in [-0.1, -0.05) is 61.3 Å². The molecule has 0 N–H and O–H groups in total. The molecule has 212 valence electrons. The van der Waals surface area contributed by atoms with Crippen molar-refractivity contribution in [3.05, 3.63) is 76.3 Å². The van der Waals surface area contributed by atoms with E-state index in [1.807, 2.05) is 25.3 Å². The van der Waals surface area contributed by atoms with Crippen molar-refractivity contribution in [1.82, 2.24) is 9.80 Å². The van der Waals surface area contributed by atoms with Gasteiger partial charge in [-0.25, -0.2) is 0 Å². The lowest BCUT2D eigenvalue weighted by Crippen LogP contribution is -2.62. The second-order valence-corrected chi connectivity index (χ2v) is 12.3. The van der Waals surface area contributed by atoms with Crippen LogP contribution in [0.3, 0.4) is 0 Å². The fraction of sp³-hybridized carbons (Fsp3) is 0.531. The molecule has 4 rings (SSSR count). The van der Waals surface area contributed by atoms with E-state index < -0.39 is 0 Å². The van der Waals surface area contributed by atoms with Crippen LogP contribution in [0.1, 0.15) is 44.2 Å². The van der Waals surface area contributed by atoms with Gasteiger partial charge in [0.15, 0.2) is 0 Å². The van der Waals surface area contributed by atoms with Crippen LogP contribution in [0.5, 0.6) is 5.75 Å². The average molecular weight is 574 g/mol. The van der Waals surface area contributed by atoms with Crippen LogP contribution in [0.4, 0.5) is 0 Å². The molecule has 0 radical (unpaired) electrons. The number of carbonyl (C=O) groups is 1. The lowest BCUT2D eigenvalue weighted by atomic mass is 9.56. The van der Waals surface area contributed by atoms with Gasteiger partial charge in [-0.2, -0.15) is 0 Å². The summed E-state index contributed by atoms with van der Waals surface area (Å²) in [5.74, 6) is 1.61. The zero-order chi connectivity index (χ0) is 28.2. The lowest BCUT2D eigenvalue weighted by molar-refractivity contribution is -0.140. The van der Waals surface area contributed by atoms with E-state index in [9.17, 15) is 4.79 Å². The van der Waals surface area contributed by atoms with Crippen molar-refractivity contribution >= 4 is 29.1 Å². The van der Waals surface area contributed by atoms with Crippen molar-refractivity contribution in [3.63, 3.8) is 0 Å². The summed E-state index contributed by atoms with van der Waals surface area (Å²) in [7, 11) is 3.54. The van der Waals surface area contributed by atoms with Crippen molar-refractivity contribution in [2.24, 2.45) is 11.8 Å². The fourth-order valence-corrected chi connectivity index (χ4v) is 7.10. The molecule has 39 heavy (non-hydrogen) atoms. The minimum absolute atomic E-state index is 0.0232. The Hall–Kier alpha value is -2.05. The van der Waals surface area contributed by atoms with E-state index in [1.54, 1.807) is 19.2 Å². The second-order valence-electron chi connectivity index (χ2n) is 11.5. The number of hydrogen-bond acceptors (Lipinski definition) is 4. The van der Waals surface area contributed by atoms with E-state index in [1.165, 1.54) is 5.56 Å². The lowest BCUT2D eigenvalue weighted by Gasteiger charge is -2.57. The minimum atomic E-state index is -0.130. The maximum atomic E-state index is 13.9. The molecule has 1 aliphatic carbocycles. The van der Waals surface area contributed by atoms with Crippen LogP contribution >= 0.6 is 23.2 Å².